The van der Waals surface area contributed by atoms with Gasteiger partial charge in [0, 0.05) is 12.6 Å². The van der Waals surface area contributed by atoms with Crippen LogP contribution in [0.3, 0.4) is 0 Å². The number of hydrogen-bond donors (Lipinski definition) is 2. The highest BCUT2D eigenvalue weighted by molar-refractivity contribution is 7.98. The summed E-state index contributed by atoms with van der Waals surface area (Å²) in [6.45, 7) is 15.8. The number of amides is 3. The van der Waals surface area contributed by atoms with Crippen LogP contribution in [0, 0.1) is 13.8 Å². The van der Waals surface area contributed by atoms with Crippen molar-refractivity contribution in [2.75, 3.05) is 18.6 Å². The lowest BCUT2D eigenvalue weighted by Crippen LogP contribution is -2.55. The maximum absolute atomic E-state index is 14.0. The van der Waals surface area contributed by atoms with Crippen LogP contribution in [0.2, 0.25) is 0 Å². The van der Waals surface area contributed by atoms with E-state index in [1.54, 1.807) is 37.4 Å². The van der Waals surface area contributed by atoms with E-state index in [1.807, 2.05) is 52.1 Å². The standard InChI is InChI=1S/C28H47N3O4S/c1-10-11-12-17-29-25(32)24(22-15-13-14-20(4)21(22)5)31(19(2)3)26(33)23(16-18-36-9)30-27(34)35-28(6,7)8/h13-15,19,23-24H,10-12,16-18H2,1-9H3,(H,29,32)(H,30,34). The Kier molecular flexibility index (Phi) is 13.4. The van der Waals surface area contributed by atoms with Crippen molar-refractivity contribution in [2.24, 2.45) is 0 Å². The summed E-state index contributed by atoms with van der Waals surface area (Å²) in [4.78, 5) is 41.9. The van der Waals surface area contributed by atoms with E-state index in [-0.39, 0.29) is 17.9 Å². The molecule has 2 atom stereocenters. The van der Waals surface area contributed by atoms with Gasteiger partial charge in [0.15, 0.2) is 0 Å². The largest absolute Gasteiger partial charge is 0.444 e. The number of nitrogens with zero attached hydrogens (tertiary/aromatic N) is 1. The van der Waals surface area contributed by atoms with Gasteiger partial charge in [0.2, 0.25) is 11.8 Å². The minimum Gasteiger partial charge on any atom is -0.444 e. The molecule has 0 spiro atoms. The van der Waals surface area contributed by atoms with E-state index in [1.165, 1.54) is 0 Å². The van der Waals surface area contributed by atoms with Crippen molar-refractivity contribution in [1.29, 1.82) is 0 Å². The fourth-order valence-electron chi connectivity index (χ4n) is 3.97. The third-order valence-corrected chi connectivity index (χ3v) is 6.60. The normalized spacial score (nSPS) is 13.2. The lowest BCUT2D eigenvalue weighted by Gasteiger charge is -2.38. The SMILES string of the molecule is CCCCCNC(=O)C(c1cccc(C)c1C)N(C(=O)C(CCSC)NC(=O)OC(C)(C)C)C(C)C. The number of alkyl carbamates (subject to hydrolysis) is 1. The van der Waals surface area contributed by atoms with Crippen LogP contribution in [-0.2, 0) is 14.3 Å². The number of ether oxygens (including phenoxy) is 1. The van der Waals surface area contributed by atoms with Crippen molar-refractivity contribution in [3.63, 3.8) is 0 Å². The molecular formula is C28H47N3O4S. The van der Waals surface area contributed by atoms with Gasteiger partial charge in [-0.2, -0.15) is 11.8 Å². The molecule has 1 aromatic carbocycles. The first-order valence-electron chi connectivity index (χ1n) is 13.0. The highest BCUT2D eigenvalue weighted by Gasteiger charge is 2.38. The molecule has 204 valence electrons. The van der Waals surface area contributed by atoms with Crippen LogP contribution >= 0.6 is 11.8 Å². The van der Waals surface area contributed by atoms with Gasteiger partial charge in [-0.1, -0.05) is 38.0 Å². The number of thioether (sulfide) groups is 1. The molecule has 0 saturated heterocycles. The fraction of sp³-hybridized carbons (Fsp3) is 0.679. The highest BCUT2D eigenvalue weighted by Crippen LogP contribution is 2.29. The summed E-state index contributed by atoms with van der Waals surface area (Å²) in [6.07, 6.45) is 4.71. The minimum atomic E-state index is -0.810. The van der Waals surface area contributed by atoms with E-state index < -0.39 is 23.8 Å². The molecule has 2 N–H and O–H groups in total. The van der Waals surface area contributed by atoms with Gasteiger partial charge in [0.05, 0.1) is 0 Å². The first-order valence-corrected chi connectivity index (χ1v) is 14.4. The van der Waals surface area contributed by atoms with Crippen LogP contribution in [0.15, 0.2) is 18.2 Å². The number of rotatable bonds is 13. The first kappa shape index (κ1) is 31.8. The molecule has 7 nitrogen and oxygen atoms in total. The second kappa shape index (κ2) is 15.1. The molecule has 0 aliphatic heterocycles. The zero-order valence-corrected chi connectivity index (χ0v) is 24.5. The summed E-state index contributed by atoms with van der Waals surface area (Å²) in [5, 5.41) is 5.84. The molecule has 0 saturated carbocycles. The van der Waals surface area contributed by atoms with Crippen LogP contribution in [0.4, 0.5) is 4.79 Å². The lowest BCUT2D eigenvalue weighted by atomic mass is 9.94. The quantitative estimate of drug-likeness (QED) is 0.333. The number of nitrogens with one attached hydrogen (secondary N) is 2. The van der Waals surface area contributed by atoms with Crippen molar-refractivity contribution in [1.82, 2.24) is 15.5 Å². The molecule has 0 aliphatic rings. The monoisotopic (exact) mass is 521 g/mol. The summed E-state index contributed by atoms with van der Waals surface area (Å²) in [5.41, 5.74) is 2.14. The van der Waals surface area contributed by atoms with Crippen molar-refractivity contribution in [2.45, 2.75) is 105 Å². The van der Waals surface area contributed by atoms with Gasteiger partial charge in [-0.05, 0) is 90.0 Å². The van der Waals surface area contributed by atoms with Crippen LogP contribution in [0.1, 0.15) is 90.0 Å². The molecule has 8 heteroatoms. The molecule has 0 bridgehead atoms. The molecule has 0 fully saturated rings. The average molecular weight is 522 g/mol. The Hall–Kier alpha value is -2.22. The van der Waals surface area contributed by atoms with Crippen molar-refractivity contribution >= 4 is 29.7 Å². The summed E-state index contributed by atoms with van der Waals surface area (Å²) in [7, 11) is 0. The number of carbonyl (C=O) groups is 3. The smallest absolute Gasteiger partial charge is 0.408 e. The Labute approximate surface area is 222 Å². The van der Waals surface area contributed by atoms with E-state index in [0.717, 1.165) is 36.0 Å². The van der Waals surface area contributed by atoms with Gasteiger partial charge in [0.25, 0.3) is 0 Å². The van der Waals surface area contributed by atoms with E-state index >= 15 is 0 Å². The molecule has 0 radical (unpaired) electrons. The average Bonchev–Trinajstić information content (AvgIpc) is 2.78. The Morgan fingerprint density at radius 1 is 1.11 bits per heavy atom. The zero-order valence-electron chi connectivity index (χ0n) is 23.7. The molecule has 3 amide bonds. The van der Waals surface area contributed by atoms with Crippen molar-refractivity contribution < 1.29 is 19.1 Å². The van der Waals surface area contributed by atoms with Gasteiger partial charge >= 0.3 is 6.09 Å². The third-order valence-electron chi connectivity index (χ3n) is 5.96. The maximum atomic E-state index is 14.0. The minimum absolute atomic E-state index is 0.206. The molecule has 0 aromatic heterocycles. The van der Waals surface area contributed by atoms with Crippen LogP contribution < -0.4 is 10.6 Å². The third kappa shape index (κ3) is 10.0. The number of aryl methyl sites for hydroxylation is 1. The van der Waals surface area contributed by atoms with Crippen molar-refractivity contribution in [3.05, 3.63) is 34.9 Å². The van der Waals surface area contributed by atoms with Gasteiger partial charge < -0.3 is 20.3 Å². The van der Waals surface area contributed by atoms with Gasteiger partial charge in [0.1, 0.15) is 17.7 Å². The van der Waals surface area contributed by atoms with Crippen LogP contribution in [0.25, 0.3) is 0 Å². The van der Waals surface area contributed by atoms with Gasteiger partial charge in [-0.25, -0.2) is 4.79 Å². The zero-order chi connectivity index (χ0) is 27.5. The fourth-order valence-corrected chi connectivity index (χ4v) is 4.44. The van der Waals surface area contributed by atoms with E-state index in [4.69, 9.17) is 4.74 Å². The molecule has 0 heterocycles. The predicted molar refractivity (Wildman–Crippen MR) is 149 cm³/mol. The van der Waals surface area contributed by atoms with Crippen LogP contribution in [0.5, 0.6) is 0 Å². The number of hydrogen-bond acceptors (Lipinski definition) is 5. The Bertz CT molecular complexity index is 867. The Morgan fingerprint density at radius 3 is 2.33 bits per heavy atom. The van der Waals surface area contributed by atoms with Crippen molar-refractivity contribution in [3.8, 4) is 0 Å². The maximum Gasteiger partial charge on any atom is 0.408 e. The van der Waals surface area contributed by atoms with E-state index in [0.29, 0.717) is 18.7 Å². The second-order valence-corrected chi connectivity index (χ2v) is 11.5. The number of carbonyl (C=O) groups excluding carboxylic acids is 3. The number of unbranched alkanes of at least 4 members (excludes halogenated alkanes) is 2. The molecule has 0 aliphatic carbocycles. The van der Waals surface area contributed by atoms with Gasteiger partial charge in [-0.3, -0.25) is 9.59 Å². The summed E-state index contributed by atoms with van der Waals surface area (Å²) >= 11 is 1.60. The topological polar surface area (TPSA) is 87.7 Å². The molecular weight excluding hydrogens is 474 g/mol. The Balaban J connectivity index is 3.44. The molecule has 1 aromatic rings. The summed E-state index contributed by atoms with van der Waals surface area (Å²) in [5.74, 6) is 0.178. The highest BCUT2D eigenvalue weighted by atomic mass is 32.2. The summed E-state index contributed by atoms with van der Waals surface area (Å²) < 4.78 is 5.44. The second-order valence-electron chi connectivity index (χ2n) is 10.5. The molecule has 36 heavy (non-hydrogen) atoms. The number of benzene rings is 1. The van der Waals surface area contributed by atoms with E-state index in [2.05, 4.69) is 17.6 Å². The summed E-state index contributed by atoms with van der Waals surface area (Å²) in [6, 6.07) is 3.94. The first-order chi connectivity index (χ1) is 16.8. The lowest BCUT2D eigenvalue weighted by molar-refractivity contribution is -0.144. The van der Waals surface area contributed by atoms with Crippen LogP contribution in [-0.4, -0.2) is 59.0 Å². The van der Waals surface area contributed by atoms with E-state index in [9.17, 15) is 14.4 Å². The van der Waals surface area contributed by atoms with Gasteiger partial charge in [-0.15, -0.1) is 0 Å². The molecule has 1 rings (SSSR count). The predicted octanol–water partition coefficient (Wildman–Crippen LogP) is 5.53. The molecule has 2 unspecified atom stereocenters. The Morgan fingerprint density at radius 2 is 1.78 bits per heavy atom.